The molecule has 0 fully saturated rings. The van der Waals surface area contributed by atoms with Gasteiger partial charge in [0.15, 0.2) is 16.9 Å². The predicted octanol–water partition coefficient (Wildman–Crippen LogP) is 2.59. The molecule has 0 saturated heterocycles. The molecule has 0 N–H and O–H groups in total. The largest absolute Gasteiger partial charge is 0.506 e. The molecular formula is C23H14ClFN3O2+. The van der Waals surface area contributed by atoms with Gasteiger partial charge in [0, 0.05) is 28.7 Å². The number of aromatic nitrogens is 1. The zero-order chi connectivity index (χ0) is 21.4. The van der Waals surface area contributed by atoms with Crippen molar-refractivity contribution in [1.82, 2.24) is 9.56 Å². The maximum atomic E-state index is 15.0. The maximum Gasteiger partial charge on any atom is 0.506 e. The van der Waals surface area contributed by atoms with Crippen LogP contribution < -0.4 is 20.1 Å². The van der Waals surface area contributed by atoms with Crippen molar-refractivity contribution in [3.8, 4) is 11.8 Å². The summed E-state index contributed by atoms with van der Waals surface area (Å²) in [4.78, 5) is 30.6. The number of carbonyl (C=O) groups is 2. The summed E-state index contributed by atoms with van der Waals surface area (Å²) in [6.07, 6.45) is 3.20. The first kappa shape index (κ1) is 19.5. The summed E-state index contributed by atoms with van der Waals surface area (Å²) in [7, 11) is 1.49. The number of hydrogen-bond donors (Lipinski definition) is 0. The standard InChI is InChI=1S/C23H14ClFN3O2/c1-14-5-3-7-17-20(14)27(2)23(30)28(22(17)29)21-18(24)11-16(12-19(21)25)9-8-15-6-4-10-26-13-15/h3-7,10-13H,1H2,2H3/q+1. The van der Waals surface area contributed by atoms with Crippen molar-refractivity contribution in [3.63, 3.8) is 0 Å². The molecule has 0 spiro atoms. The molecule has 1 aliphatic heterocycles. The second-order valence-corrected chi connectivity index (χ2v) is 6.98. The van der Waals surface area contributed by atoms with Crippen molar-refractivity contribution in [2.45, 2.75) is 0 Å². The minimum absolute atomic E-state index is 0.102. The van der Waals surface area contributed by atoms with Crippen LogP contribution in [-0.4, -0.2) is 24.0 Å². The summed E-state index contributed by atoms with van der Waals surface area (Å²) in [6.45, 7) is 3.86. The van der Waals surface area contributed by atoms with Gasteiger partial charge in [-0.2, -0.15) is 9.37 Å². The Kier molecular flexibility index (Phi) is 4.90. The molecule has 0 aliphatic carbocycles. The molecule has 2 aromatic carbocycles. The Labute approximate surface area is 176 Å². The van der Waals surface area contributed by atoms with Crippen LogP contribution in [0.3, 0.4) is 0 Å². The molecule has 0 radical (unpaired) electrons. The summed E-state index contributed by atoms with van der Waals surface area (Å²) in [5.41, 5.74) is 0.878. The normalized spacial score (nSPS) is 13.0. The number of benzene rings is 2. The monoisotopic (exact) mass is 418 g/mol. The second-order valence-electron chi connectivity index (χ2n) is 6.58. The summed E-state index contributed by atoms with van der Waals surface area (Å²) in [5.74, 6) is 4.16. The fraction of sp³-hybridized carbons (Fsp3) is 0.0435. The van der Waals surface area contributed by atoms with Gasteiger partial charge < -0.3 is 0 Å². The molecule has 0 bridgehead atoms. The van der Waals surface area contributed by atoms with Crippen molar-refractivity contribution in [2.24, 2.45) is 0 Å². The molecule has 0 atom stereocenters. The Morgan fingerprint density at radius 2 is 1.90 bits per heavy atom. The fourth-order valence-electron chi connectivity index (χ4n) is 3.24. The first-order chi connectivity index (χ1) is 14.4. The average molecular weight is 419 g/mol. The number of hydrogen-bond acceptors (Lipinski definition) is 3. The van der Waals surface area contributed by atoms with E-state index in [1.165, 1.54) is 17.7 Å². The summed E-state index contributed by atoms with van der Waals surface area (Å²) >= 11 is 6.29. The molecule has 1 aromatic heterocycles. The van der Waals surface area contributed by atoms with Gasteiger partial charge in [0.25, 0.3) is 0 Å². The van der Waals surface area contributed by atoms with Crippen molar-refractivity contribution in [3.05, 3.63) is 93.0 Å². The van der Waals surface area contributed by atoms with Crippen LogP contribution in [0.4, 0.5) is 14.9 Å². The van der Waals surface area contributed by atoms with Crippen LogP contribution in [0, 0.1) is 17.7 Å². The minimum atomic E-state index is -0.831. The van der Waals surface area contributed by atoms with Gasteiger partial charge in [0.1, 0.15) is 5.56 Å². The molecule has 30 heavy (non-hydrogen) atoms. The van der Waals surface area contributed by atoms with Crippen molar-refractivity contribution < 1.29 is 14.0 Å². The SMILES string of the molecule is C=c1cccc2c1=[N+](C)C(=O)N(c1c(F)cc(C#Cc3cccnc3)cc1Cl)C2=O. The second kappa shape index (κ2) is 7.54. The molecule has 3 amide bonds. The van der Waals surface area contributed by atoms with Crippen LogP contribution in [0.1, 0.15) is 21.5 Å². The number of rotatable bonds is 1. The number of urea groups is 1. The fourth-order valence-corrected chi connectivity index (χ4v) is 3.53. The molecule has 0 saturated carbocycles. The van der Waals surface area contributed by atoms with E-state index in [1.807, 2.05) is 0 Å². The number of anilines is 1. The molecule has 1 aliphatic rings. The Bertz CT molecular complexity index is 1370. The summed E-state index contributed by atoms with van der Waals surface area (Å²) in [5, 5.41) is 0.804. The molecule has 3 aromatic rings. The Hall–Kier alpha value is -3.82. The van der Waals surface area contributed by atoms with E-state index in [4.69, 9.17) is 11.6 Å². The van der Waals surface area contributed by atoms with E-state index in [2.05, 4.69) is 23.4 Å². The van der Waals surface area contributed by atoms with Crippen LogP contribution >= 0.6 is 11.6 Å². The number of para-hydroxylation sites is 1. The van der Waals surface area contributed by atoms with Crippen LogP contribution in [-0.2, 0) is 0 Å². The van der Waals surface area contributed by atoms with Crippen molar-refractivity contribution in [1.29, 1.82) is 0 Å². The lowest BCUT2D eigenvalue weighted by atomic mass is 10.1. The maximum absolute atomic E-state index is 15.0. The molecule has 7 heteroatoms. The van der Waals surface area contributed by atoms with E-state index in [0.29, 0.717) is 21.7 Å². The lowest BCUT2D eigenvalue weighted by Gasteiger charge is -2.19. The highest BCUT2D eigenvalue weighted by atomic mass is 35.5. The van der Waals surface area contributed by atoms with Gasteiger partial charge in [0.05, 0.1) is 12.1 Å². The first-order valence-electron chi connectivity index (χ1n) is 8.86. The average Bonchev–Trinajstić information content (AvgIpc) is 2.73. The van der Waals surface area contributed by atoms with Crippen molar-refractivity contribution in [2.75, 3.05) is 11.9 Å². The number of carbonyl (C=O) groups excluding carboxylic acids is 2. The number of fused-ring (bicyclic) bond motifs is 1. The lowest BCUT2D eigenvalue weighted by molar-refractivity contribution is 0.0985. The van der Waals surface area contributed by atoms with Crippen LogP contribution in [0.2, 0.25) is 5.02 Å². The number of imide groups is 1. The number of amides is 3. The van der Waals surface area contributed by atoms with E-state index < -0.39 is 17.8 Å². The van der Waals surface area contributed by atoms with E-state index in [9.17, 15) is 9.59 Å². The molecule has 2 heterocycles. The predicted molar refractivity (Wildman–Crippen MR) is 112 cm³/mol. The Balaban J connectivity index is 1.80. The van der Waals surface area contributed by atoms with E-state index >= 15 is 4.39 Å². The zero-order valence-corrected chi connectivity index (χ0v) is 16.6. The third kappa shape index (κ3) is 3.25. The van der Waals surface area contributed by atoms with Gasteiger partial charge in [-0.15, -0.1) is 4.90 Å². The number of halogens is 2. The van der Waals surface area contributed by atoms with Crippen LogP contribution in [0.5, 0.6) is 0 Å². The number of nitrogens with zero attached hydrogens (tertiary/aromatic N) is 3. The highest BCUT2D eigenvalue weighted by Gasteiger charge is 2.43. The Morgan fingerprint density at radius 1 is 1.13 bits per heavy atom. The highest BCUT2D eigenvalue weighted by molar-refractivity contribution is 6.36. The lowest BCUT2D eigenvalue weighted by Crippen LogP contribution is -2.57. The van der Waals surface area contributed by atoms with Gasteiger partial charge in [0.2, 0.25) is 0 Å². The molecule has 0 unspecified atom stereocenters. The molecule has 5 nitrogen and oxygen atoms in total. The van der Waals surface area contributed by atoms with Crippen LogP contribution in [0.25, 0.3) is 6.58 Å². The van der Waals surface area contributed by atoms with Gasteiger partial charge in [-0.25, -0.2) is 9.18 Å². The zero-order valence-electron chi connectivity index (χ0n) is 15.8. The van der Waals surface area contributed by atoms with Gasteiger partial charge in [-0.1, -0.05) is 42.2 Å². The van der Waals surface area contributed by atoms with Gasteiger partial charge in [-0.05, 0) is 30.3 Å². The van der Waals surface area contributed by atoms with E-state index in [-0.39, 0.29) is 16.3 Å². The Morgan fingerprint density at radius 3 is 2.60 bits per heavy atom. The summed E-state index contributed by atoms with van der Waals surface area (Å²) in [6, 6.07) is 10.2. The highest BCUT2D eigenvalue weighted by Crippen LogP contribution is 2.32. The molecule has 4 rings (SSSR count). The third-order valence-electron chi connectivity index (χ3n) is 4.62. The summed E-state index contributed by atoms with van der Waals surface area (Å²) < 4.78 is 16.3. The first-order valence-corrected chi connectivity index (χ1v) is 9.24. The quantitative estimate of drug-likeness (QED) is 0.451. The van der Waals surface area contributed by atoms with Gasteiger partial charge in [-0.3, -0.25) is 4.98 Å². The van der Waals surface area contributed by atoms with E-state index in [0.717, 1.165) is 11.0 Å². The number of pyridine rings is 1. The van der Waals surface area contributed by atoms with Gasteiger partial charge >= 0.3 is 11.9 Å². The van der Waals surface area contributed by atoms with Crippen LogP contribution in [0.15, 0.2) is 54.9 Å². The minimum Gasteiger partial charge on any atom is -0.263 e. The molecular weight excluding hydrogens is 405 g/mol. The smallest absolute Gasteiger partial charge is 0.263 e. The van der Waals surface area contributed by atoms with Crippen molar-refractivity contribution >= 4 is 35.8 Å². The topological polar surface area (TPSA) is 53.3 Å². The molecule has 146 valence electrons. The van der Waals surface area contributed by atoms with E-state index in [1.54, 1.807) is 42.7 Å². The third-order valence-corrected chi connectivity index (χ3v) is 4.91.